The highest BCUT2D eigenvalue weighted by Gasteiger charge is 2.20. The van der Waals surface area contributed by atoms with E-state index >= 15 is 0 Å². The molecule has 132 valence electrons. The minimum Gasteiger partial charge on any atom is -0.394 e. The van der Waals surface area contributed by atoms with Crippen molar-refractivity contribution < 1.29 is 9.90 Å². The van der Waals surface area contributed by atoms with Gasteiger partial charge in [0.05, 0.1) is 24.5 Å². The van der Waals surface area contributed by atoms with Crippen LogP contribution in [0.25, 0.3) is 11.3 Å². The first-order valence-electron chi connectivity index (χ1n) is 9.04. The summed E-state index contributed by atoms with van der Waals surface area (Å²) in [6, 6.07) is 7.16. The van der Waals surface area contributed by atoms with Crippen LogP contribution in [0.4, 0.5) is 0 Å². The van der Waals surface area contributed by atoms with Crippen LogP contribution in [-0.2, 0) is 0 Å². The lowest BCUT2D eigenvalue weighted by atomic mass is 9.85. The molecule has 1 fully saturated rings. The second-order valence-electron chi connectivity index (χ2n) is 6.76. The van der Waals surface area contributed by atoms with Gasteiger partial charge in [-0.15, -0.1) is 0 Å². The Morgan fingerprint density at radius 3 is 2.80 bits per heavy atom. The van der Waals surface area contributed by atoms with Crippen LogP contribution in [0.3, 0.4) is 0 Å². The average Bonchev–Trinajstić information content (AvgIpc) is 2.69. The number of hydrogen-bond donors (Lipinski definition) is 2. The number of carbonyl (C=O) groups excluding carboxylic acids is 1. The smallest absolute Gasteiger partial charge is 0.251 e. The summed E-state index contributed by atoms with van der Waals surface area (Å²) in [4.78, 5) is 20.9. The molecule has 0 saturated heterocycles. The standard InChI is InChI=1S/C20H25N3O2/c24-14-18(11-15-5-2-1-3-6-15)23-20(25)17-8-4-7-16(12-17)19-13-21-9-10-22-19/h4,7-10,12-13,15,18,24H,1-3,5-6,11,14H2,(H,23,25)/t18-/m0/s1. The molecule has 0 spiro atoms. The van der Waals surface area contributed by atoms with E-state index in [1.165, 1.54) is 32.1 Å². The second kappa shape index (κ2) is 8.72. The van der Waals surface area contributed by atoms with E-state index < -0.39 is 0 Å². The van der Waals surface area contributed by atoms with Crippen molar-refractivity contribution in [2.24, 2.45) is 5.92 Å². The van der Waals surface area contributed by atoms with Gasteiger partial charge in [0.2, 0.25) is 0 Å². The van der Waals surface area contributed by atoms with Crippen molar-refractivity contribution in [1.82, 2.24) is 15.3 Å². The molecule has 1 heterocycles. The van der Waals surface area contributed by atoms with Crippen LogP contribution in [-0.4, -0.2) is 33.6 Å². The fourth-order valence-corrected chi connectivity index (χ4v) is 3.54. The normalized spacial score (nSPS) is 16.4. The Kier molecular flexibility index (Phi) is 6.12. The molecule has 0 bridgehead atoms. The molecule has 1 aliphatic carbocycles. The molecule has 1 aromatic heterocycles. The molecule has 1 aromatic carbocycles. The van der Waals surface area contributed by atoms with Gasteiger partial charge in [-0.1, -0.05) is 44.2 Å². The van der Waals surface area contributed by atoms with Crippen molar-refractivity contribution in [2.45, 2.75) is 44.6 Å². The molecule has 1 saturated carbocycles. The number of nitrogens with zero attached hydrogens (tertiary/aromatic N) is 2. The highest BCUT2D eigenvalue weighted by molar-refractivity contribution is 5.95. The molecule has 0 radical (unpaired) electrons. The van der Waals surface area contributed by atoms with Gasteiger partial charge in [-0.25, -0.2) is 0 Å². The van der Waals surface area contributed by atoms with Gasteiger partial charge in [-0.3, -0.25) is 14.8 Å². The van der Waals surface area contributed by atoms with Gasteiger partial charge < -0.3 is 10.4 Å². The maximum atomic E-state index is 12.6. The number of hydrogen-bond acceptors (Lipinski definition) is 4. The van der Waals surface area contributed by atoms with Crippen molar-refractivity contribution in [2.75, 3.05) is 6.61 Å². The Labute approximate surface area is 148 Å². The molecule has 1 amide bonds. The molecule has 1 aliphatic rings. The Hall–Kier alpha value is -2.27. The number of aliphatic hydroxyl groups is 1. The second-order valence-corrected chi connectivity index (χ2v) is 6.76. The summed E-state index contributed by atoms with van der Waals surface area (Å²) in [6.45, 7) is -0.0217. The molecule has 1 atom stereocenters. The van der Waals surface area contributed by atoms with E-state index in [1.807, 2.05) is 18.2 Å². The van der Waals surface area contributed by atoms with E-state index in [0.717, 1.165) is 17.7 Å². The summed E-state index contributed by atoms with van der Waals surface area (Å²) in [7, 11) is 0. The minimum absolute atomic E-state index is 0.0217. The van der Waals surface area contributed by atoms with Crippen LogP contribution in [0, 0.1) is 5.92 Å². The third-order valence-electron chi connectivity index (χ3n) is 4.88. The average molecular weight is 339 g/mol. The lowest BCUT2D eigenvalue weighted by Crippen LogP contribution is -2.39. The number of nitrogens with one attached hydrogen (secondary N) is 1. The van der Waals surface area contributed by atoms with Gasteiger partial charge in [0.25, 0.3) is 5.91 Å². The Balaban J connectivity index is 1.65. The molecule has 2 N–H and O–H groups in total. The predicted octanol–water partition coefficient (Wildman–Crippen LogP) is 3.20. The minimum atomic E-state index is -0.184. The van der Waals surface area contributed by atoms with Gasteiger partial charge in [-0.05, 0) is 24.5 Å². The van der Waals surface area contributed by atoms with Crippen molar-refractivity contribution in [3.05, 3.63) is 48.4 Å². The maximum absolute atomic E-state index is 12.6. The summed E-state index contributed by atoms with van der Waals surface area (Å²) >= 11 is 0. The van der Waals surface area contributed by atoms with E-state index in [9.17, 15) is 9.90 Å². The van der Waals surface area contributed by atoms with Gasteiger partial charge >= 0.3 is 0 Å². The van der Waals surface area contributed by atoms with Gasteiger partial charge in [0.15, 0.2) is 0 Å². The van der Waals surface area contributed by atoms with Crippen LogP contribution in [0.15, 0.2) is 42.9 Å². The fraction of sp³-hybridized carbons (Fsp3) is 0.450. The summed E-state index contributed by atoms with van der Waals surface area (Å²) in [6.07, 6.45) is 12.0. The predicted molar refractivity (Wildman–Crippen MR) is 97.0 cm³/mol. The molecule has 25 heavy (non-hydrogen) atoms. The first kappa shape index (κ1) is 17.5. The first-order valence-corrected chi connectivity index (χ1v) is 9.04. The Morgan fingerprint density at radius 1 is 1.24 bits per heavy atom. The van der Waals surface area contributed by atoms with Crippen LogP contribution in [0.5, 0.6) is 0 Å². The van der Waals surface area contributed by atoms with E-state index in [4.69, 9.17) is 0 Å². The Morgan fingerprint density at radius 2 is 2.08 bits per heavy atom. The maximum Gasteiger partial charge on any atom is 0.251 e. The summed E-state index contributed by atoms with van der Waals surface area (Å²) < 4.78 is 0. The highest BCUT2D eigenvalue weighted by Crippen LogP contribution is 2.27. The van der Waals surface area contributed by atoms with Crippen LogP contribution >= 0.6 is 0 Å². The number of amides is 1. The van der Waals surface area contributed by atoms with Gasteiger partial charge in [0.1, 0.15) is 0 Å². The molecule has 5 heteroatoms. The number of benzene rings is 1. The molecular weight excluding hydrogens is 314 g/mol. The Bertz CT molecular complexity index is 684. The van der Waals surface area contributed by atoms with Crippen LogP contribution < -0.4 is 5.32 Å². The van der Waals surface area contributed by atoms with Crippen molar-refractivity contribution >= 4 is 5.91 Å². The van der Waals surface area contributed by atoms with E-state index in [2.05, 4.69) is 15.3 Å². The molecule has 2 aromatic rings. The third kappa shape index (κ3) is 4.86. The van der Waals surface area contributed by atoms with Gasteiger partial charge in [0, 0.05) is 23.5 Å². The highest BCUT2D eigenvalue weighted by atomic mass is 16.3. The van der Waals surface area contributed by atoms with Crippen LogP contribution in [0.2, 0.25) is 0 Å². The number of aliphatic hydroxyl groups excluding tert-OH is 1. The third-order valence-corrected chi connectivity index (χ3v) is 4.88. The SMILES string of the molecule is O=C(N[C@H](CO)CC1CCCCC1)c1cccc(-c2cnccn2)c1. The zero-order valence-corrected chi connectivity index (χ0v) is 14.4. The molecule has 5 nitrogen and oxygen atoms in total. The van der Waals surface area contributed by atoms with Crippen molar-refractivity contribution in [3.63, 3.8) is 0 Å². The topological polar surface area (TPSA) is 75.1 Å². The van der Waals surface area contributed by atoms with Gasteiger partial charge in [-0.2, -0.15) is 0 Å². The lowest BCUT2D eigenvalue weighted by Gasteiger charge is -2.26. The number of aromatic nitrogens is 2. The summed E-state index contributed by atoms with van der Waals surface area (Å²) in [5.74, 6) is 0.456. The first-order chi connectivity index (χ1) is 12.3. The zero-order chi connectivity index (χ0) is 17.5. The monoisotopic (exact) mass is 339 g/mol. The van der Waals surface area contributed by atoms with Crippen molar-refractivity contribution in [3.8, 4) is 11.3 Å². The van der Waals surface area contributed by atoms with E-state index in [0.29, 0.717) is 11.5 Å². The molecule has 3 rings (SSSR count). The quantitative estimate of drug-likeness (QED) is 0.847. The largest absolute Gasteiger partial charge is 0.394 e. The van der Waals surface area contributed by atoms with E-state index in [-0.39, 0.29) is 18.6 Å². The van der Waals surface area contributed by atoms with E-state index in [1.54, 1.807) is 24.7 Å². The summed E-state index contributed by atoms with van der Waals surface area (Å²) in [5.41, 5.74) is 2.16. The number of rotatable bonds is 6. The number of carbonyl (C=O) groups is 1. The zero-order valence-electron chi connectivity index (χ0n) is 14.4. The molecule has 0 aliphatic heterocycles. The van der Waals surface area contributed by atoms with Crippen LogP contribution in [0.1, 0.15) is 48.9 Å². The summed E-state index contributed by atoms with van der Waals surface area (Å²) in [5, 5.41) is 12.6. The molecule has 0 unspecified atom stereocenters. The van der Waals surface area contributed by atoms with Crippen molar-refractivity contribution in [1.29, 1.82) is 0 Å². The molecular formula is C20H25N3O2. The fourth-order valence-electron chi connectivity index (χ4n) is 3.54. The lowest BCUT2D eigenvalue weighted by molar-refractivity contribution is 0.0902.